The fourth-order valence-corrected chi connectivity index (χ4v) is 8.65. The molecular weight excluding hydrogens is 500 g/mol. The summed E-state index contributed by atoms with van der Waals surface area (Å²) in [5.41, 5.74) is 1.29. The average molecular weight is 551 g/mol. The zero-order valence-corrected chi connectivity index (χ0v) is 25.3. The largest absolute Gasteiger partial charge is 0.376 e. The number of likely N-dealkylation sites (tertiary alicyclic amines) is 1. The first-order valence-corrected chi connectivity index (χ1v) is 15.8. The molecule has 1 aromatic carbocycles. The van der Waals surface area contributed by atoms with Gasteiger partial charge in [0, 0.05) is 69.8 Å². The predicted octanol–water partition coefficient (Wildman–Crippen LogP) is 4.97. The molecular formula is C33H50N4O3. The van der Waals surface area contributed by atoms with Crippen LogP contribution in [-0.4, -0.2) is 101 Å². The number of benzene rings is 1. The minimum absolute atomic E-state index is 0.00262. The molecule has 0 radical (unpaired) electrons. The summed E-state index contributed by atoms with van der Waals surface area (Å²) in [6.45, 7) is 16.0. The van der Waals surface area contributed by atoms with Crippen molar-refractivity contribution in [2.45, 2.75) is 109 Å². The number of urea groups is 1. The molecule has 40 heavy (non-hydrogen) atoms. The smallest absolute Gasteiger partial charge is 0.320 e. The highest BCUT2D eigenvalue weighted by atomic mass is 16.5. The van der Waals surface area contributed by atoms with E-state index < -0.39 is 0 Å². The summed E-state index contributed by atoms with van der Waals surface area (Å²) in [5.74, 6) is 1.10. The summed E-state index contributed by atoms with van der Waals surface area (Å²) in [7, 11) is 0. The topological polar surface area (TPSA) is 56.3 Å². The van der Waals surface area contributed by atoms with Crippen LogP contribution in [0.1, 0.15) is 84.6 Å². The first-order chi connectivity index (χ1) is 19.0. The fourth-order valence-electron chi connectivity index (χ4n) is 8.65. The maximum atomic E-state index is 13.6. The van der Waals surface area contributed by atoms with Crippen LogP contribution in [0.5, 0.6) is 0 Å². The van der Waals surface area contributed by atoms with Crippen molar-refractivity contribution in [1.29, 1.82) is 0 Å². The zero-order chi connectivity index (χ0) is 28.2. The maximum Gasteiger partial charge on any atom is 0.320 e. The maximum absolute atomic E-state index is 13.6. The Balaban J connectivity index is 1.19. The third-order valence-corrected chi connectivity index (χ3v) is 10.4. The molecule has 5 fully saturated rings. The second-order valence-corrected chi connectivity index (χ2v) is 14.9. The summed E-state index contributed by atoms with van der Waals surface area (Å²) in [4.78, 5) is 36.2. The van der Waals surface area contributed by atoms with E-state index in [-0.39, 0.29) is 29.1 Å². The molecule has 5 heterocycles. The molecule has 3 unspecified atom stereocenters. The highest BCUT2D eigenvalue weighted by Gasteiger charge is 2.58. The molecule has 0 saturated carbocycles. The zero-order valence-electron chi connectivity index (χ0n) is 25.3. The second-order valence-electron chi connectivity index (χ2n) is 14.9. The number of carbonyl (C=O) groups excluding carboxylic acids is 2. The number of rotatable bonds is 7. The summed E-state index contributed by atoms with van der Waals surface area (Å²) in [6, 6.07) is 12.3. The summed E-state index contributed by atoms with van der Waals surface area (Å²) < 4.78 is 5.71. The Bertz CT molecular complexity index is 1070. The van der Waals surface area contributed by atoms with Gasteiger partial charge in [-0.1, -0.05) is 51.1 Å². The minimum atomic E-state index is -0.0689. The van der Waals surface area contributed by atoms with E-state index in [0.29, 0.717) is 36.2 Å². The number of hydrogen-bond acceptors (Lipinski definition) is 4. The van der Waals surface area contributed by atoms with Crippen LogP contribution in [0.15, 0.2) is 30.3 Å². The van der Waals surface area contributed by atoms with Gasteiger partial charge in [-0.3, -0.25) is 9.69 Å². The van der Waals surface area contributed by atoms with Crippen LogP contribution in [0.3, 0.4) is 0 Å². The number of piperidine rings is 1. The Morgan fingerprint density at radius 3 is 2.27 bits per heavy atom. The van der Waals surface area contributed by atoms with Gasteiger partial charge in [-0.15, -0.1) is 0 Å². The normalized spacial score (nSPS) is 34.4. The van der Waals surface area contributed by atoms with Crippen LogP contribution in [0.2, 0.25) is 0 Å². The Labute approximate surface area is 241 Å². The molecule has 220 valence electrons. The number of hydrogen-bond donors (Lipinski definition) is 0. The second kappa shape index (κ2) is 10.6. The van der Waals surface area contributed by atoms with Crippen molar-refractivity contribution in [3.05, 3.63) is 35.9 Å². The van der Waals surface area contributed by atoms with Crippen molar-refractivity contribution < 1.29 is 14.3 Å². The van der Waals surface area contributed by atoms with Gasteiger partial charge in [0.1, 0.15) is 0 Å². The van der Waals surface area contributed by atoms with Crippen molar-refractivity contribution in [3.63, 3.8) is 0 Å². The van der Waals surface area contributed by atoms with Gasteiger partial charge in [0.05, 0.1) is 11.6 Å². The molecule has 7 nitrogen and oxygen atoms in total. The van der Waals surface area contributed by atoms with E-state index in [1.165, 1.54) is 18.4 Å². The quantitative estimate of drug-likeness (QED) is 0.481. The first-order valence-electron chi connectivity index (χ1n) is 15.8. The minimum Gasteiger partial charge on any atom is -0.376 e. The van der Waals surface area contributed by atoms with E-state index in [4.69, 9.17) is 4.74 Å². The van der Waals surface area contributed by atoms with Gasteiger partial charge in [0.15, 0.2) is 0 Å². The Morgan fingerprint density at radius 1 is 1.02 bits per heavy atom. The van der Waals surface area contributed by atoms with Gasteiger partial charge >= 0.3 is 6.03 Å². The molecule has 0 N–H and O–H groups in total. The molecule has 0 aliphatic carbocycles. The van der Waals surface area contributed by atoms with Crippen LogP contribution < -0.4 is 0 Å². The lowest BCUT2D eigenvalue weighted by Gasteiger charge is -2.50. The van der Waals surface area contributed by atoms with E-state index >= 15 is 0 Å². The molecule has 1 spiro atoms. The van der Waals surface area contributed by atoms with E-state index in [2.05, 4.69) is 84.6 Å². The third-order valence-electron chi connectivity index (χ3n) is 10.4. The monoisotopic (exact) mass is 550 g/mol. The molecule has 5 aliphatic rings. The van der Waals surface area contributed by atoms with Crippen LogP contribution in [0, 0.1) is 11.3 Å². The third kappa shape index (κ3) is 5.29. The van der Waals surface area contributed by atoms with Crippen molar-refractivity contribution in [1.82, 2.24) is 19.6 Å². The lowest BCUT2D eigenvalue weighted by Crippen LogP contribution is -2.60. The summed E-state index contributed by atoms with van der Waals surface area (Å²) in [5, 5.41) is 0. The standard InChI is InChI=1S/C33H50N4O3/c1-23(2)37-31(39)35(20-28-13-14-40-28)22-33(37)15-26-11-12-27(16-33)36(26)19-25-18-34(30(38)17-32(3,4)5)21-29(25)24-9-7-6-8-10-24/h6-10,23,25-29H,11-22H2,1-5H3/t25-,26?,27?,28?,29-,33?/m1/s1. The molecule has 5 saturated heterocycles. The molecule has 0 aromatic heterocycles. The predicted molar refractivity (Wildman–Crippen MR) is 157 cm³/mol. The molecule has 5 aliphatic heterocycles. The number of nitrogens with zero attached hydrogens (tertiary/aromatic N) is 4. The van der Waals surface area contributed by atoms with Crippen LogP contribution >= 0.6 is 0 Å². The lowest BCUT2D eigenvalue weighted by molar-refractivity contribution is -0.132. The van der Waals surface area contributed by atoms with Crippen molar-refractivity contribution in [2.75, 3.05) is 39.3 Å². The van der Waals surface area contributed by atoms with Gasteiger partial charge in [-0.2, -0.15) is 0 Å². The van der Waals surface area contributed by atoms with Crippen LogP contribution in [-0.2, 0) is 9.53 Å². The van der Waals surface area contributed by atoms with E-state index in [0.717, 1.165) is 58.6 Å². The van der Waals surface area contributed by atoms with E-state index in [1.54, 1.807) is 0 Å². The van der Waals surface area contributed by atoms with Crippen molar-refractivity contribution >= 4 is 11.9 Å². The highest BCUT2D eigenvalue weighted by Crippen LogP contribution is 2.49. The van der Waals surface area contributed by atoms with Crippen LogP contribution in [0.4, 0.5) is 4.79 Å². The number of carbonyl (C=O) groups is 2. The van der Waals surface area contributed by atoms with Gasteiger partial charge in [0.25, 0.3) is 0 Å². The number of amides is 3. The highest BCUT2D eigenvalue weighted by molar-refractivity contribution is 5.79. The molecule has 3 amide bonds. The molecule has 2 bridgehead atoms. The van der Waals surface area contributed by atoms with Crippen LogP contribution in [0.25, 0.3) is 0 Å². The number of fused-ring (bicyclic) bond motifs is 2. The first kappa shape index (κ1) is 28.0. The van der Waals surface area contributed by atoms with Gasteiger partial charge in [-0.25, -0.2) is 4.79 Å². The molecule has 7 heteroatoms. The Hall–Kier alpha value is -2.12. The SMILES string of the molecule is CC(C)N1C(=O)N(CC2CCO2)CC12CC1CCC(C2)N1C[C@H]1CN(C(=O)CC(C)(C)C)C[C@@H]1c1ccccc1. The van der Waals surface area contributed by atoms with Crippen molar-refractivity contribution in [3.8, 4) is 0 Å². The van der Waals surface area contributed by atoms with E-state index in [9.17, 15) is 9.59 Å². The van der Waals surface area contributed by atoms with E-state index in [1.807, 2.05) is 0 Å². The Kier molecular flexibility index (Phi) is 7.44. The summed E-state index contributed by atoms with van der Waals surface area (Å²) >= 11 is 0. The average Bonchev–Trinajstić information content (AvgIpc) is 3.47. The Morgan fingerprint density at radius 2 is 1.70 bits per heavy atom. The summed E-state index contributed by atoms with van der Waals surface area (Å²) in [6.07, 6.45) is 6.43. The number of ether oxygens (including phenoxy) is 1. The van der Waals surface area contributed by atoms with Crippen molar-refractivity contribution in [2.24, 2.45) is 11.3 Å². The fraction of sp³-hybridized carbons (Fsp3) is 0.758. The van der Waals surface area contributed by atoms with Gasteiger partial charge < -0.3 is 19.4 Å². The molecule has 6 rings (SSSR count). The lowest BCUT2D eigenvalue weighted by atomic mass is 9.80. The molecule has 1 aromatic rings. The van der Waals surface area contributed by atoms with Gasteiger partial charge in [-0.05, 0) is 62.8 Å². The molecule has 5 atom stereocenters. The van der Waals surface area contributed by atoms with Gasteiger partial charge in [0.2, 0.25) is 5.91 Å².